The Kier molecular flexibility index (Phi) is 4.20. The molecule has 1 unspecified atom stereocenters. The van der Waals surface area contributed by atoms with Crippen molar-refractivity contribution in [1.82, 2.24) is 10.3 Å². The van der Waals surface area contributed by atoms with Crippen molar-refractivity contribution in [2.75, 3.05) is 18.5 Å². The number of nitrogens with one attached hydrogen (secondary N) is 1. The van der Waals surface area contributed by atoms with Crippen molar-refractivity contribution in [2.45, 2.75) is 26.4 Å². The van der Waals surface area contributed by atoms with Gasteiger partial charge in [0.25, 0.3) is 0 Å². The highest BCUT2D eigenvalue weighted by Crippen LogP contribution is 2.30. The Morgan fingerprint density at radius 1 is 1.14 bits per heavy atom. The van der Waals surface area contributed by atoms with Crippen LogP contribution in [0.4, 0.5) is 5.69 Å². The first-order valence-corrected chi connectivity index (χ1v) is 7.68. The van der Waals surface area contributed by atoms with Crippen molar-refractivity contribution in [3.05, 3.63) is 59.4 Å². The van der Waals surface area contributed by atoms with Crippen LogP contribution in [-0.4, -0.2) is 18.6 Å². The molecule has 0 bridgehead atoms. The highest BCUT2D eigenvalue weighted by atomic mass is 15.1. The summed E-state index contributed by atoms with van der Waals surface area (Å²) in [7, 11) is 1.96. The molecular formula is C18H23N3. The van der Waals surface area contributed by atoms with Crippen molar-refractivity contribution >= 4 is 5.69 Å². The third-order valence-electron chi connectivity index (χ3n) is 4.01. The van der Waals surface area contributed by atoms with Crippen LogP contribution >= 0.6 is 0 Å². The van der Waals surface area contributed by atoms with E-state index in [0.717, 1.165) is 31.0 Å². The minimum absolute atomic E-state index is 0.695. The molecule has 1 aliphatic rings. The van der Waals surface area contributed by atoms with E-state index >= 15 is 0 Å². The zero-order valence-corrected chi connectivity index (χ0v) is 12.8. The smallest absolute Gasteiger partial charge is 0.0602 e. The molecule has 0 spiro atoms. The monoisotopic (exact) mass is 281 g/mol. The van der Waals surface area contributed by atoms with Gasteiger partial charge in [0, 0.05) is 18.8 Å². The molecule has 3 rings (SSSR count). The SMILES string of the molecule is CNCc1cccc(CN2CC(C)Cc3ccccc32)n1. The fourth-order valence-corrected chi connectivity index (χ4v) is 3.15. The number of aromatic nitrogens is 1. The van der Waals surface area contributed by atoms with Gasteiger partial charge < -0.3 is 10.2 Å². The molecule has 21 heavy (non-hydrogen) atoms. The molecule has 0 radical (unpaired) electrons. The van der Waals surface area contributed by atoms with Gasteiger partial charge in [0.15, 0.2) is 0 Å². The fourth-order valence-electron chi connectivity index (χ4n) is 3.15. The summed E-state index contributed by atoms with van der Waals surface area (Å²) in [5, 5.41) is 3.16. The molecule has 1 atom stereocenters. The molecule has 110 valence electrons. The maximum Gasteiger partial charge on any atom is 0.0602 e. The lowest BCUT2D eigenvalue weighted by atomic mass is 9.94. The van der Waals surface area contributed by atoms with E-state index in [0.29, 0.717) is 5.92 Å². The van der Waals surface area contributed by atoms with Gasteiger partial charge in [-0.3, -0.25) is 4.98 Å². The summed E-state index contributed by atoms with van der Waals surface area (Å²) in [6.07, 6.45) is 1.18. The topological polar surface area (TPSA) is 28.2 Å². The van der Waals surface area contributed by atoms with Gasteiger partial charge in [0.2, 0.25) is 0 Å². The highest BCUT2D eigenvalue weighted by molar-refractivity contribution is 5.55. The number of rotatable bonds is 4. The summed E-state index contributed by atoms with van der Waals surface area (Å²) in [4.78, 5) is 7.22. The molecule has 0 saturated heterocycles. The van der Waals surface area contributed by atoms with E-state index in [2.05, 4.69) is 59.6 Å². The molecule has 2 heterocycles. The van der Waals surface area contributed by atoms with Crippen LogP contribution in [-0.2, 0) is 19.5 Å². The Morgan fingerprint density at radius 3 is 2.81 bits per heavy atom. The largest absolute Gasteiger partial charge is 0.365 e. The minimum atomic E-state index is 0.695. The third-order valence-corrected chi connectivity index (χ3v) is 4.01. The maximum absolute atomic E-state index is 4.75. The van der Waals surface area contributed by atoms with Gasteiger partial charge in [0.1, 0.15) is 0 Å². The fraction of sp³-hybridized carbons (Fsp3) is 0.389. The van der Waals surface area contributed by atoms with Crippen molar-refractivity contribution in [3.8, 4) is 0 Å². The number of pyridine rings is 1. The number of fused-ring (bicyclic) bond motifs is 1. The molecule has 0 fully saturated rings. The number of para-hydroxylation sites is 1. The number of hydrogen-bond acceptors (Lipinski definition) is 3. The molecule has 1 aromatic carbocycles. The lowest BCUT2D eigenvalue weighted by Crippen LogP contribution is -2.34. The predicted octanol–water partition coefficient (Wildman–Crippen LogP) is 3.00. The molecule has 0 amide bonds. The first-order chi connectivity index (χ1) is 10.3. The summed E-state index contributed by atoms with van der Waals surface area (Å²) in [5.41, 5.74) is 5.08. The van der Waals surface area contributed by atoms with Crippen molar-refractivity contribution in [2.24, 2.45) is 5.92 Å². The Labute approximate surface area is 127 Å². The predicted molar refractivity (Wildman–Crippen MR) is 87.4 cm³/mol. The molecule has 1 N–H and O–H groups in total. The lowest BCUT2D eigenvalue weighted by Gasteiger charge is -2.34. The number of anilines is 1. The van der Waals surface area contributed by atoms with Crippen LogP contribution < -0.4 is 10.2 Å². The second-order valence-corrected chi connectivity index (χ2v) is 5.97. The Morgan fingerprint density at radius 2 is 1.95 bits per heavy atom. The van der Waals surface area contributed by atoms with E-state index in [1.54, 1.807) is 0 Å². The molecule has 0 saturated carbocycles. The third kappa shape index (κ3) is 3.24. The maximum atomic E-state index is 4.75. The van der Waals surface area contributed by atoms with Gasteiger partial charge in [-0.05, 0) is 43.1 Å². The van der Waals surface area contributed by atoms with Gasteiger partial charge in [0.05, 0.1) is 17.9 Å². The first kappa shape index (κ1) is 14.1. The second-order valence-electron chi connectivity index (χ2n) is 5.97. The van der Waals surface area contributed by atoms with Gasteiger partial charge in [-0.15, -0.1) is 0 Å². The number of nitrogens with zero attached hydrogens (tertiary/aromatic N) is 2. The van der Waals surface area contributed by atoms with E-state index in [1.165, 1.54) is 17.7 Å². The average molecular weight is 281 g/mol. The van der Waals surface area contributed by atoms with E-state index < -0.39 is 0 Å². The molecule has 2 aromatic rings. The molecule has 3 nitrogen and oxygen atoms in total. The van der Waals surface area contributed by atoms with E-state index in [9.17, 15) is 0 Å². The molecule has 1 aromatic heterocycles. The van der Waals surface area contributed by atoms with Crippen LogP contribution in [0.1, 0.15) is 23.9 Å². The summed E-state index contributed by atoms with van der Waals surface area (Å²) >= 11 is 0. The molecular weight excluding hydrogens is 258 g/mol. The summed E-state index contributed by atoms with van der Waals surface area (Å²) in [6, 6.07) is 15.1. The highest BCUT2D eigenvalue weighted by Gasteiger charge is 2.21. The molecule has 3 heteroatoms. The van der Waals surface area contributed by atoms with Crippen LogP contribution in [0.25, 0.3) is 0 Å². The van der Waals surface area contributed by atoms with Gasteiger partial charge in [-0.1, -0.05) is 31.2 Å². The Bertz CT molecular complexity index is 609. The standard InChI is InChI=1S/C18H23N3/c1-14-10-15-6-3-4-9-18(15)21(12-14)13-17-8-5-7-16(20-17)11-19-2/h3-9,14,19H,10-13H2,1-2H3. The van der Waals surface area contributed by atoms with Gasteiger partial charge >= 0.3 is 0 Å². The van der Waals surface area contributed by atoms with Crippen molar-refractivity contribution < 1.29 is 0 Å². The van der Waals surface area contributed by atoms with Gasteiger partial charge in [-0.25, -0.2) is 0 Å². The zero-order chi connectivity index (χ0) is 14.7. The van der Waals surface area contributed by atoms with Crippen LogP contribution in [0.2, 0.25) is 0 Å². The van der Waals surface area contributed by atoms with E-state index in [4.69, 9.17) is 4.98 Å². The summed E-state index contributed by atoms with van der Waals surface area (Å²) < 4.78 is 0. The van der Waals surface area contributed by atoms with Crippen molar-refractivity contribution in [3.63, 3.8) is 0 Å². The minimum Gasteiger partial charge on any atom is -0.365 e. The second kappa shape index (κ2) is 6.27. The normalized spacial score (nSPS) is 17.6. The van der Waals surface area contributed by atoms with Crippen LogP contribution in [0.15, 0.2) is 42.5 Å². The van der Waals surface area contributed by atoms with Crippen LogP contribution in [0.5, 0.6) is 0 Å². The van der Waals surface area contributed by atoms with Crippen molar-refractivity contribution in [1.29, 1.82) is 0 Å². The van der Waals surface area contributed by atoms with Crippen LogP contribution in [0.3, 0.4) is 0 Å². The summed E-state index contributed by atoms with van der Waals surface area (Å²) in [5.74, 6) is 0.695. The lowest BCUT2D eigenvalue weighted by molar-refractivity contribution is 0.528. The quantitative estimate of drug-likeness (QED) is 0.934. The van der Waals surface area contributed by atoms with Gasteiger partial charge in [-0.2, -0.15) is 0 Å². The van der Waals surface area contributed by atoms with Crippen LogP contribution in [0, 0.1) is 5.92 Å². The van der Waals surface area contributed by atoms with E-state index in [1.807, 2.05) is 7.05 Å². The van der Waals surface area contributed by atoms with E-state index in [-0.39, 0.29) is 0 Å². The Balaban J connectivity index is 1.83. The number of benzene rings is 1. The molecule has 1 aliphatic heterocycles. The molecule has 0 aliphatic carbocycles. The Hall–Kier alpha value is -1.87. The average Bonchev–Trinajstić information content (AvgIpc) is 2.48. The first-order valence-electron chi connectivity index (χ1n) is 7.68. The zero-order valence-electron chi connectivity index (χ0n) is 12.8. The summed E-state index contributed by atoms with van der Waals surface area (Å²) in [6.45, 7) is 5.14. The number of hydrogen-bond donors (Lipinski definition) is 1.